The number of phenols is 1. The highest BCUT2D eigenvalue weighted by atomic mass is 32.1. The largest absolute Gasteiger partial charge is 0.508 e. The maximum absolute atomic E-state index is 17.0. The van der Waals surface area contributed by atoms with Crippen LogP contribution in [0.1, 0.15) is 102 Å². The summed E-state index contributed by atoms with van der Waals surface area (Å²) < 4.78 is 38.2. The number of fused-ring (bicyclic) bond motifs is 4. The molecule has 4 aliphatic heterocycles. The summed E-state index contributed by atoms with van der Waals surface area (Å²) in [4.78, 5) is 69.0. The van der Waals surface area contributed by atoms with Gasteiger partial charge in [-0.1, -0.05) is 69.9 Å². The van der Waals surface area contributed by atoms with Crippen molar-refractivity contribution >= 4 is 56.4 Å². The molecule has 3 unspecified atom stereocenters. The first kappa shape index (κ1) is 57.5. The molecule has 4 aliphatic rings. The van der Waals surface area contributed by atoms with Gasteiger partial charge in [0, 0.05) is 94.6 Å². The maximum atomic E-state index is 17.0. The van der Waals surface area contributed by atoms with E-state index in [1.165, 1.54) is 24.3 Å². The Kier molecular flexibility index (Phi) is 18.2. The monoisotopic (exact) mass is 1120 g/mol. The first-order valence-corrected chi connectivity index (χ1v) is 29.7. The van der Waals surface area contributed by atoms with Crippen molar-refractivity contribution in [2.24, 2.45) is 5.41 Å². The molecule has 2 bridgehead atoms. The quantitative estimate of drug-likeness (QED) is 0.0376. The fourth-order valence-electron chi connectivity index (χ4n) is 12.1. The van der Waals surface area contributed by atoms with Gasteiger partial charge >= 0.3 is 6.01 Å². The molecule has 0 aliphatic carbocycles. The van der Waals surface area contributed by atoms with Crippen molar-refractivity contribution in [2.45, 2.75) is 123 Å². The Bertz CT molecular complexity index is 3270. The SMILES string of the molecule is C#Cc1c(F)ccc2cc(O)cc(-c3ncc4c(N5CC6CCC(C5)N6)nc(OCCCN5CCN(CCCCCCC(=O)CNC(C(=O)N6CCC[C@H]6C(=O)NCc6ccc(-c7scnc7C)cc6)C(C)(C)C)CC5)nc4c3F)c12. The number of unbranched alkanes of at least 4 members (excludes halogenated alkanes) is 3. The number of benzene rings is 3. The number of amides is 2. The zero-order valence-electron chi connectivity index (χ0n) is 47.0. The van der Waals surface area contributed by atoms with E-state index in [1.807, 2.05) is 57.5 Å². The Morgan fingerprint density at radius 2 is 1.64 bits per heavy atom. The number of aromatic hydroxyl groups is 1. The minimum atomic E-state index is -0.746. The first-order valence-electron chi connectivity index (χ1n) is 28.8. The van der Waals surface area contributed by atoms with E-state index < -0.39 is 29.1 Å². The number of aromatic nitrogens is 4. The van der Waals surface area contributed by atoms with Gasteiger partial charge in [0.15, 0.2) is 5.82 Å². The number of carbonyl (C=O) groups is 3. The zero-order valence-corrected chi connectivity index (χ0v) is 47.9. The van der Waals surface area contributed by atoms with E-state index in [9.17, 15) is 19.5 Å². The number of hydrogen-bond acceptors (Lipinski definition) is 15. The molecule has 2 amide bonds. The molecule has 4 N–H and O–H groups in total. The van der Waals surface area contributed by atoms with E-state index in [1.54, 1.807) is 22.4 Å². The minimum Gasteiger partial charge on any atom is -0.508 e. The lowest BCUT2D eigenvalue weighted by atomic mass is 9.85. The van der Waals surface area contributed by atoms with Gasteiger partial charge in [-0.05, 0) is 98.5 Å². The molecule has 4 saturated heterocycles. The molecule has 4 fully saturated rings. The summed E-state index contributed by atoms with van der Waals surface area (Å²) in [7, 11) is 0. The van der Waals surface area contributed by atoms with Crippen molar-refractivity contribution in [2.75, 3.05) is 77.0 Å². The van der Waals surface area contributed by atoms with Gasteiger partial charge in [-0.15, -0.1) is 17.8 Å². The van der Waals surface area contributed by atoms with Crippen LogP contribution < -0.4 is 25.6 Å². The third-order valence-electron chi connectivity index (χ3n) is 16.5. The number of Topliss-reactive ketones (excluding diaryl/α,β-unsaturated/α-hetero) is 1. The summed E-state index contributed by atoms with van der Waals surface area (Å²) >= 11 is 1.61. The van der Waals surface area contributed by atoms with Gasteiger partial charge in [0.2, 0.25) is 11.8 Å². The normalized spacial score (nSPS) is 19.1. The number of nitrogens with zero attached hydrogens (tertiary/aromatic N) is 8. The summed E-state index contributed by atoms with van der Waals surface area (Å²) in [5.74, 6) is 1.22. The Morgan fingerprint density at radius 3 is 2.35 bits per heavy atom. The molecule has 16 nitrogen and oxygen atoms in total. The fourth-order valence-corrected chi connectivity index (χ4v) is 12.9. The fraction of sp³-hybridized carbons (Fsp3) is 0.500. The molecule has 10 rings (SSSR count). The van der Waals surface area contributed by atoms with E-state index in [0.29, 0.717) is 62.2 Å². The zero-order chi connectivity index (χ0) is 56.8. The number of aryl methyl sites for hydroxylation is 1. The highest BCUT2D eigenvalue weighted by molar-refractivity contribution is 7.13. The number of anilines is 1. The third-order valence-corrected chi connectivity index (χ3v) is 17.5. The smallest absolute Gasteiger partial charge is 0.319 e. The molecule has 4 atom stereocenters. The molecule has 3 aromatic heterocycles. The Balaban J connectivity index is 0.645. The molecule has 7 heterocycles. The Morgan fingerprint density at radius 1 is 0.914 bits per heavy atom. The molecular weight excluding hydrogens is 1050 g/mol. The molecule has 6 aromatic rings. The maximum Gasteiger partial charge on any atom is 0.319 e. The van der Waals surface area contributed by atoms with Gasteiger partial charge in [-0.2, -0.15) is 9.97 Å². The van der Waals surface area contributed by atoms with Crippen molar-refractivity contribution < 1.29 is 33.0 Å². The van der Waals surface area contributed by atoms with Crippen molar-refractivity contribution in [3.05, 3.63) is 88.7 Å². The predicted octanol–water partition coefficient (Wildman–Crippen LogP) is 8.40. The average Bonchev–Trinajstić information content (AvgIpc) is 4.23. The van der Waals surface area contributed by atoms with Gasteiger partial charge in [0.1, 0.15) is 40.4 Å². The number of terminal acetylenes is 1. The summed E-state index contributed by atoms with van der Waals surface area (Å²) in [5, 5.41) is 21.8. The van der Waals surface area contributed by atoms with E-state index in [2.05, 4.69) is 51.5 Å². The van der Waals surface area contributed by atoms with Crippen LogP contribution in [0.25, 0.3) is 43.4 Å². The first-order chi connectivity index (χ1) is 39.1. The number of likely N-dealkylation sites (tertiary alicyclic amines) is 1. The van der Waals surface area contributed by atoms with Crippen LogP contribution >= 0.6 is 11.3 Å². The molecule has 3 aromatic carbocycles. The van der Waals surface area contributed by atoms with E-state index >= 15 is 8.78 Å². The summed E-state index contributed by atoms with van der Waals surface area (Å²) in [5.41, 5.74) is 4.46. The number of carbonyl (C=O) groups excluding carboxylic acids is 3. The highest BCUT2D eigenvalue weighted by Crippen LogP contribution is 2.40. The summed E-state index contributed by atoms with van der Waals surface area (Å²) in [6.45, 7) is 16.3. The van der Waals surface area contributed by atoms with Crippen LogP contribution in [0.3, 0.4) is 0 Å². The molecule has 19 heteroatoms. The minimum absolute atomic E-state index is 0.0200. The van der Waals surface area contributed by atoms with Crippen LogP contribution in [-0.2, 0) is 20.9 Å². The lowest BCUT2D eigenvalue weighted by molar-refractivity contribution is -0.142. The van der Waals surface area contributed by atoms with Crippen LogP contribution in [0, 0.1) is 36.3 Å². The molecule has 0 saturated carbocycles. The predicted molar refractivity (Wildman–Crippen MR) is 313 cm³/mol. The number of pyridine rings is 1. The van der Waals surface area contributed by atoms with E-state index in [0.717, 1.165) is 112 Å². The van der Waals surface area contributed by atoms with Crippen molar-refractivity contribution in [3.63, 3.8) is 0 Å². The number of ketones is 1. The Hall–Kier alpha value is -6.69. The molecule has 0 radical (unpaired) electrons. The van der Waals surface area contributed by atoms with Crippen molar-refractivity contribution in [1.82, 2.24) is 50.6 Å². The molecular formula is C62H75F2N11O5S. The molecule has 428 valence electrons. The van der Waals surface area contributed by atoms with Gasteiger partial charge in [-0.3, -0.25) is 24.7 Å². The van der Waals surface area contributed by atoms with Crippen LogP contribution in [0.15, 0.2) is 60.2 Å². The van der Waals surface area contributed by atoms with Gasteiger partial charge in [-0.25, -0.2) is 13.8 Å². The van der Waals surface area contributed by atoms with Gasteiger partial charge in [0.25, 0.3) is 0 Å². The lowest BCUT2D eigenvalue weighted by Gasteiger charge is -2.35. The number of ether oxygens (including phenoxy) is 1. The number of halogens is 2. The van der Waals surface area contributed by atoms with E-state index in [4.69, 9.17) is 16.1 Å². The van der Waals surface area contributed by atoms with Crippen LogP contribution in [0.2, 0.25) is 0 Å². The second-order valence-electron chi connectivity index (χ2n) is 23.4. The van der Waals surface area contributed by atoms with Crippen molar-refractivity contribution in [3.8, 4) is 45.8 Å². The average molecular weight is 1120 g/mol. The van der Waals surface area contributed by atoms with Gasteiger partial charge < -0.3 is 40.1 Å². The number of phenolic OH excluding ortho intramolecular Hbond substituents is 1. The number of thiazole rings is 1. The second-order valence-corrected chi connectivity index (χ2v) is 24.2. The topological polar surface area (TPSA) is 181 Å². The Labute approximate surface area is 477 Å². The second kappa shape index (κ2) is 25.6. The summed E-state index contributed by atoms with van der Waals surface area (Å²) in [6, 6.07) is 13.1. The molecule has 0 spiro atoms. The standard InChI is InChI=1S/C62H75F2N11O5S/c1-6-47-50(63)22-19-42-31-46(77)32-48(52(42)47)54-53(64)55-49(35-65-54)58(74-36-43-20-21-44(37-74)69-43)71-61(70-55)80-30-12-24-73-28-26-72(27-29-73)23-10-8-7-9-13-45(76)34-66-57(62(3,4)5)60(79)75-25-11-14-51(75)59(78)67-33-40-15-17-41(18-16-40)56-39(2)68-38-81-56/h1,15-19,22,31-32,35,38,43-44,51,57,66,69,77H,7-14,20-21,23-30,33-34,36-37H2,2-5H3,(H,67,78)/t43?,44?,51-,57?/m0/s1. The lowest BCUT2D eigenvalue weighted by Crippen LogP contribution is -2.57. The molecule has 81 heavy (non-hydrogen) atoms. The van der Waals surface area contributed by atoms with Crippen LogP contribution in [-0.4, -0.2) is 154 Å². The van der Waals surface area contributed by atoms with Crippen molar-refractivity contribution in [1.29, 1.82) is 0 Å². The third kappa shape index (κ3) is 13.5. The van der Waals surface area contributed by atoms with E-state index in [-0.39, 0.29) is 75.7 Å². The summed E-state index contributed by atoms with van der Waals surface area (Å²) in [6.07, 6.45) is 15.8. The number of rotatable bonds is 22. The number of hydrogen-bond donors (Lipinski definition) is 4. The number of nitrogens with one attached hydrogen (secondary N) is 3. The highest BCUT2D eigenvalue weighted by Gasteiger charge is 2.41. The number of piperazine rings is 2. The van der Waals surface area contributed by atoms with Gasteiger partial charge in [0.05, 0.1) is 46.2 Å². The van der Waals surface area contributed by atoms with Crippen LogP contribution in [0.4, 0.5) is 14.6 Å². The van der Waals surface area contributed by atoms with Crippen LogP contribution in [0.5, 0.6) is 11.8 Å².